The first-order chi connectivity index (χ1) is 11.8. The van der Waals surface area contributed by atoms with Crippen molar-refractivity contribution in [2.45, 2.75) is 12.5 Å². The maximum atomic E-state index is 12.4. The Balaban J connectivity index is 1.66. The second-order valence-corrected chi connectivity index (χ2v) is 7.84. The fourth-order valence-corrected chi connectivity index (χ4v) is 3.44. The van der Waals surface area contributed by atoms with Gasteiger partial charge in [-0.3, -0.25) is 9.78 Å². The van der Waals surface area contributed by atoms with Crippen molar-refractivity contribution in [3.8, 4) is 5.69 Å². The molecule has 3 rings (SSSR count). The molecular weight excluding hydrogens is 366 g/mol. The Hall–Kier alpha value is -2.23. The molecule has 1 amide bonds. The van der Waals surface area contributed by atoms with Crippen molar-refractivity contribution in [3.63, 3.8) is 0 Å². The van der Waals surface area contributed by atoms with Crippen molar-refractivity contribution in [1.29, 1.82) is 0 Å². The summed E-state index contributed by atoms with van der Waals surface area (Å²) in [5.41, 5.74) is 1.09. The van der Waals surface area contributed by atoms with E-state index in [-0.39, 0.29) is 17.1 Å². The van der Waals surface area contributed by atoms with E-state index in [0.717, 1.165) is 6.26 Å². The summed E-state index contributed by atoms with van der Waals surface area (Å²) in [6.45, 7) is 0. The quantitative estimate of drug-likeness (QED) is 0.760. The SMILES string of the molecule is CS(=O)(=O)N[C@H]1C=C[C@@H](C(=O)Nc2cn(-c3cccnc3)nc2Cl)C1. The highest BCUT2D eigenvalue weighted by Gasteiger charge is 2.27. The molecule has 2 aromatic heterocycles. The van der Waals surface area contributed by atoms with E-state index in [1.165, 1.54) is 4.68 Å². The molecule has 0 saturated carbocycles. The largest absolute Gasteiger partial charge is 0.322 e. The molecule has 0 aliphatic heterocycles. The van der Waals surface area contributed by atoms with Crippen LogP contribution in [0.3, 0.4) is 0 Å². The molecule has 0 aromatic carbocycles. The van der Waals surface area contributed by atoms with E-state index in [4.69, 9.17) is 11.6 Å². The van der Waals surface area contributed by atoms with E-state index in [1.807, 2.05) is 6.07 Å². The van der Waals surface area contributed by atoms with Gasteiger partial charge in [0.2, 0.25) is 15.9 Å². The van der Waals surface area contributed by atoms with Crippen molar-refractivity contribution in [1.82, 2.24) is 19.5 Å². The zero-order valence-corrected chi connectivity index (χ0v) is 14.8. The fraction of sp³-hybridized carbons (Fsp3) is 0.267. The third kappa shape index (κ3) is 4.44. The molecule has 0 saturated heterocycles. The van der Waals surface area contributed by atoms with Gasteiger partial charge in [-0.2, -0.15) is 5.10 Å². The number of pyridine rings is 1. The molecule has 0 bridgehead atoms. The second-order valence-electron chi connectivity index (χ2n) is 5.70. The molecule has 2 aromatic rings. The maximum Gasteiger partial charge on any atom is 0.231 e. The van der Waals surface area contributed by atoms with Gasteiger partial charge in [0.1, 0.15) is 0 Å². The van der Waals surface area contributed by atoms with Crippen LogP contribution in [-0.4, -0.2) is 41.4 Å². The molecule has 0 spiro atoms. The Morgan fingerprint density at radius 3 is 2.88 bits per heavy atom. The van der Waals surface area contributed by atoms with Gasteiger partial charge in [0.05, 0.1) is 35.9 Å². The van der Waals surface area contributed by atoms with Crippen LogP contribution in [-0.2, 0) is 14.8 Å². The lowest BCUT2D eigenvalue weighted by atomic mass is 10.1. The topological polar surface area (TPSA) is 106 Å². The average molecular weight is 382 g/mol. The summed E-state index contributed by atoms with van der Waals surface area (Å²) in [7, 11) is -3.32. The van der Waals surface area contributed by atoms with Crippen LogP contribution in [0.25, 0.3) is 5.69 Å². The van der Waals surface area contributed by atoms with Crippen molar-refractivity contribution >= 4 is 33.2 Å². The predicted molar refractivity (Wildman–Crippen MR) is 94.0 cm³/mol. The van der Waals surface area contributed by atoms with Crippen molar-refractivity contribution in [2.75, 3.05) is 11.6 Å². The second kappa shape index (κ2) is 6.95. The lowest BCUT2D eigenvalue weighted by Crippen LogP contribution is -2.33. The van der Waals surface area contributed by atoms with Crippen LogP contribution in [0.15, 0.2) is 42.9 Å². The first-order valence-electron chi connectivity index (χ1n) is 7.44. The summed E-state index contributed by atoms with van der Waals surface area (Å²) in [6.07, 6.45) is 9.65. The van der Waals surface area contributed by atoms with E-state index in [2.05, 4.69) is 20.1 Å². The highest BCUT2D eigenvalue weighted by molar-refractivity contribution is 7.88. The van der Waals surface area contributed by atoms with Gasteiger partial charge in [0.15, 0.2) is 5.15 Å². The molecule has 0 radical (unpaired) electrons. The molecule has 0 unspecified atom stereocenters. The fourth-order valence-electron chi connectivity index (χ4n) is 2.54. The minimum atomic E-state index is -3.32. The number of rotatable bonds is 5. The van der Waals surface area contributed by atoms with Crippen LogP contribution < -0.4 is 10.0 Å². The van der Waals surface area contributed by atoms with Gasteiger partial charge in [0, 0.05) is 12.2 Å². The van der Waals surface area contributed by atoms with Crippen LogP contribution in [0.5, 0.6) is 0 Å². The minimum absolute atomic E-state index is 0.157. The van der Waals surface area contributed by atoms with Gasteiger partial charge in [-0.05, 0) is 18.6 Å². The summed E-state index contributed by atoms with van der Waals surface area (Å²) < 4.78 is 26.5. The van der Waals surface area contributed by atoms with Crippen LogP contribution in [0.1, 0.15) is 6.42 Å². The number of nitrogens with one attached hydrogen (secondary N) is 2. The number of sulfonamides is 1. The van der Waals surface area contributed by atoms with E-state index in [1.54, 1.807) is 36.8 Å². The minimum Gasteiger partial charge on any atom is -0.322 e. The lowest BCUT2D eigenvalue weighted by Gasteiger charge is -2.12. The van der Waals surface area contributed by atoms with E-state index < -0.39 is 15.9 Å². The maximum absolute atomic E-state index is 12.4. The Kier molecular flexibility index (Phi) is 4.89. The van der Waals surface area contributed by atoms with Gasteiger partial charge in [0.25, 0.3) is 0 Å². The molecule has 10 heteroatoms. The molecule has 25 heavy (non-hydrogen) atoms. The van der Waals surface area contributed by atoms with Crippen molar-refractivity contribution < 1.29 is 13.2 Å². The van der Waals surface area contributed by atoms with Crippen molar-refractivity contribution in [2.24, 2.45) is 5.92 Å². The number of halogens is 1. The monoisotopic (exact) mass is 381 g/mol. The Bertz CT molecular complexity index is 911. The zero-order chi connectivity index (χ0) is 18.0. The first-order valence-corrected chi connectivity index (χ1v) is 9.71. The van der Waals surface area contributed by atoms with Crippen molar-refractivity contribution in [3.05, 3.63) is 48.0 Å². The third-order valence-corrected chi connectivity index (χ3v) is 4.63. The van der Waals surface area contributed by atoms with Gasteiger partial charge >= 0.3 is 0 Å². The number of hydrogen-bond donors (Lipinski definition) is 2. The molecule has 2 N–H and O–H groups in total. The number of carbonyl (C=O) groups excluding carboxylic acids is 1. The summed E-state index contributed by atoms with van der Waals surface area (Å²) in [5, 5.41) is 7.02. The van der Waals surface area contributed by atoms with Crippen LogP contribution in [0.4, 0.5) is 5.69 Å². The number of nitrogens with zero attached hydrogens (tertiary/aromatic N) is 3. The first kappa shape index (κ1) is 17.6. The Labute approximate surface area is 149 Å². The van der Waals surface area contributed by atoms with Gasteiger partial charge < -0.3 is 5.32 Å². The number of aromatic nitrogens is 3. The lowest BCUT2D eigenvalue weighted by molar-refractivity contribution is -0.118. The normalized spacial score (nSPS) is 19.9. The van der Waals surface area contributed by atoms with E-state index >= 15 is 0 Å². The molecule has 2 heterocycles. The van der Waals surface area contributed by atoms with Crippen LogP contribution >= 0.6 is 11.6 Å². The summed E-state index contributed by atoms with van der Waals surface area (Å²) >= 11 is 6.08. The summed E-state index contributed by atoms with van der Waals surface area (Å²) in [6, 6.07) is 3.18. The zero-order valence-electron chi connectivity index (χ0n) is 13.3. The van der Waals surface area contributed by atoms with Gasteiger partial charge in [-0.1, -0.05) is 23.8 Å². The van der Waals surface area contributed by atoms with Crippen LogP contribution in [0.2, 0.25) is 5.15 Å². The molecule has 0 fully saturated rings. The standard InChI is InChI=1S/C15H16ClN5O3S/c1-25(23,24)20-11-5-4-10(7-11)15(22)18-13-9-21(19-14(13)16)12-3-2-6-17-8-12/h2-6,8-11,20H,7H2,1H3,(H,18,22)/t10-,11+/m1/s1. The highest BCUT2D eigenvalue weighted by Crippen LogP contribution is 2.25. The van der Waals surface area contributed by atoms with E-state index in [9.17, 15) is 13.2 Å². The summed E-state index contributed by atoms with van der Waals surface area (Å²) in [4.78, 5) is 16.4. The summed E-state index contributed by atoms with van der Waals surface area (Å²) in [5.74, 6) is -0.723. The number of hydrogen-bond acceptors (Lipinski definition) is 5. The Morgan fingerprint density at radius 1 is 1.40 bits per heavy atom. The highest BCUT2D eigenvalue weighted by atomic mass is 35.5. The molecular formula is C15H16ClN5O3S. The smallest absolute Gasteiger partial charge is 0.231 e. The van der Waals surface area contributed by atoms with Crippen LogP contribution in [0, 0.1) is 5.92 Å². The molecule has 1 aliphatic carbocycles. The average Bonchev–Trinajstić information content (AvgIpc) is 3.14. The van der Waals surface area contributed by atoms with Gasteiger partial charge in [-0.15, -0.1) is 0 Å². The Morgan fingerprint density at radius 2 is 2.20 bits per heavy atom. The van der Waals surface area contributed by atoms with Gasteiger partial charge in [-0.25, -0.2) is 17.8 Å². The molecule has 8 nitrogen and oxygen atoms in total. The molecule has 1 aliphatic rings. The molecule has 132 valence electrons. The molecule has 2 atom stereocenters. The van der Waals surface area contributed by atoms with E-state index in [0.29, 0.717) is 17.8 Å². The number of amides is 1. The predicted octanol–water partition coefficient (Wildman–Crippen LogP) is 1.35. The third-order valence-electron chi connectivity index (χ3n) is 3.62. The number of carbonyl (C=O) groups is 1. The number of anilines is 1.